The first-order valence-corrected chi connectivity index (χ1v) is 12.0. The fourth-order valence-corrected chi connectivity index (χ4v) is 4.75. The van der Waals surface area contributed by atoms with Crippen LogP contribution in [0.25, 0.3) is 0 Å². The first-order chi connectivity index (χ1) is 16.0. The number of nitrogens with two attached hydrogens (primary N) is 1. The Balaban J connectivity index is 1.49. The molecule has 0 unspecified atom stereocenters. The maximum Gasteiger partial charge on any atom is 0.269 e. The summed E-state index contributed by atoms with van der Waals surface area (Å²) in [5.41, 5.74) is 7.14. The van der Waals surface area contributed by atoms with E-state index in [9.17, 15) is 10.0 Å². The molecule has 0 bridgehead atoms. The molecule has 0 atom stereocenters. The van der Waals surface area contributed by atoms with E-state index in [0.717, 1.165) is 39.7 Å². The van der Waals surface area contributed by atoms with Crippen molar-refractivity contribution in [1.29, 1.82) is 0 Å². The Morgan fingerprint density at radius 1 is 1.33 bits per heavy atom. The maximum atomic E-state index is 12.4. The molecule has 0 radical (unpaired) electrons. The number of H-pyrrole nitrogens is 1. The van der Waals surface area contributed by atoms with Crippen LogP contribution >= 0.6 is 31.9 Å². The molecule has 0 aliphatic carbocycles. The van der Waals surface area contributed by atoms with Crippen molar-refractivity contribution in [2.75, 3.05) is 32.0 Å². The molecule has 11 heteroatoms. The number of anilines is 1. The van der Waals surface area contributed by atoms with E-state index in [1.807, 2.05) is 24.3 Å². The van der Waals surface area contributed by atoms with Crippen LogP contribution in [0, 0.1) is 0 Å². The molecule has 0 saturated carbocycles. The highest BCUT2D eigenvalue weighted by Crippen LogP contribution is 2.35. The Bertz CT molecular complexity index is 1030. The van der Waals surface area contributed by atoms with Crippen molar-refractivity contribution >= 4 is 49.4 Å². The molecule has 0 spiro atoms. The van der Waals surface area contributed by atoms with Gasteiger partial charge in [0, 0.05) is 38.2 Å². The van der Waals surface area contributed by atoms with Gasteiger partial charge in [0.1, 0.15) is 11.5 Å². The van der Waals surface area contributed by atoms with Crippen LogP contribution < -0.4 is 15.8 Å². The van der Waals surface area contributed by atoms with Crippen LogP contribution in [0.5, 0.6) is 5.75 Å². The normalized spacial score (nSPS) is 13.4. The number of aromatic nitrogens is 2. The summed E-state index contributed by atoms with van der Waals surface area (Å²) in [6.07, 6.45) is 11.4. The Morgan fingerprint density at radius 2 is 2.12 bits per heavy atom. The van der Waals surface area contributed by atoms with Gasteiger partial charge >= 0.3 is 0 Å². The zero-order valence-electron chi connectivity index (χ0n) is 17.9. The smallest absolute Gasteiger partial charge is 0.269 e. The van der Waals surface area contributed by atoms with Crippen molar-refractivity contribution in [3.05, 3.63) is 63.0 Å². The van der Waals surface area contributed by atoms with E-state index in [0.29, 0.717) is 31.3 Å². The van der Waals surface area contributed by atoms with Crippen molar-refractivity contribution in [3.63, 3.8) is 0 Å². The van der Waals surface area contributed by atoms with Gasteiger partial charge in [0.15, 0.2) is 5.95 Å². The summed E-state index contributed by atoms with van der Waals surface area (Å²) in [5, 5.41) is 15.3. The molecule has 0 saturated heterocycles. The minimum absolute atomic E-state index is 0.00947. The highest BCUT2D eigenvalue weighted by molar-refractivity contribution is 9.11. The van der Waals surface area contributed by atoms with Gasteiger partial charge in [-0.1, -0.05) is 17.3 Å². The third-order valence-electron chi connectivity index (χ3n) is 4.86. The third-order valence-corrected chi connectivity index (χ3v) is 6.04. The Labute approximate surface area is 209 Å². The number of hydrogen-bond acceptors (Lipinski definition) is 7. The van der Waals surface area contributed by atoms with Gasteiger partial charge in [0.2, 0.25) is 0 Å². The number of imidazole rings is 1. The Kier molecular flexibility index (Phi) is 9.37. The summed E-state index contributed by atoms with van der Waals surface area (Å²) in [6.45, 7) is 2.74. The number of rotatable bonds is 11. The van der Waals surface area contributed by atoms with Crippen LogP contribution in [-0.4, -0.2) is 57.9 Å². The third kappa shape index (κ3) is 7.64. The van der Waals surface area contributed by atoms with Gasteiger partial charge in [-0.05, 0) is 68.3 Å². The van der Waals surface area contributed by atoms with E-state index >= 15 is 0 Å². The molecular formula is C22H26Br2N6O3. The molecule has 2 heterocycles. The zero-order chi connectivity index (χ0) is 23.6. The fourth-order valence-electron chi connectivity index (χ4n) is 3.24. The number of nitrogens with one attached hydrogen (secondary N) is 2. The number of oxime groups is 1. The molecule has 1 aliphatic heterocycles. The predicted octanol–water partition coefficient (Wildman–Crippen LogP) is 3.40. The zero-order valence-corrected chi connectivity index (χ0v) is 21.1. The van der Waals surface area contributed by atoms with Crippen LogP contribution in [-0.2, 0) is 17.6 Å². The van der Waals surface area contributed by atoms with Gasteiger partial charge in [0.05, 0.1) is 21.7 Å². The van der Waals surface area contributed by atoms with E-state index in [1.54, 1.807) is 6.20 Å². The number of amides is 1. The van der Waals surface area contributed by atoms with E-state index in [1.165, 1.54) is 0 Å². The van der Waals surface area contributed by atoms with Crippen LogP contribution in [0.15, 0.2) is 56.9 Å². The molecule has 0 fully saturated rings. The lowest BCUT2D eigenvalue weighted by molar-refractivity contribution is -0.115. The number of hydrogen-bond donors (Lipinski definition) is 4. The van der Waals surface area contributed by atoms with Crippen LogP contribution in [0.1, 0.15) is 17.7 Å². The van der Waals surface area contributed by atoms with Crippen LogP contribution in [0.4, 0.5) is 5.95 Å². The lowest BCUT2D eigenvalue weighted by Crippen LogP contribution is -2.33. The molecule has 33 heavy (non-hydrogen) atoms. The molecule has 1 amide bonds. The number of halogens is 2. The Hall–Kier alpha value is -2.79. The molecule has 2 aromatic rings. The van der Waals surface area contributed by atoms with Crippen LogP contribution in [0.3, 0.4) is 0 Å². The van der Waals surface area contributed by atoms with Crippen molar-refractivity contribution in [3.8, 4) is 5.75 Å². The second kappa shape index (κ2) is 12.4. The lowest BCUT2D eigenvalue weighted by atomic mass is 10.1. The SMILES string of the molecule is Nc1ncc(CCNC(=O)C(Cc2cc(Br)c(OCCCN3C=CC=CC3)c(Br)c2)=NO)[nH]1. The van der Waals surface area contributed by atoms with Gasteiger partial charge in [-0.3, -0.25) is 4.79 Å². The summed E-state index contributed by atoms with van der Waals surface area (Å²) in [6, 6.07) is 3.70. The number of ether oxygens (including phenoxy) is 1. The maximum absolute atomic E-state index is 12.4. The first-order valence-electron chi connectivity index (χ1n) is 10.4. The number of aromatic amines is 1. The van der Waals surface area contributed by atoms with E-state index in [4.69, 9.17) is 10.5 Å². The first kappa shape index (κ1) is 24.8. The quantitative estimate of drug-likeness (QED) is 0.139. The highest BCUT2D eigenvalue weighted by atomic mass is 79.9. The monoisotopic (exact) mass is 580 g/mol. The van der Waals surface area contributed by atoms with E-state index < -0.39 is 5.91 Å². The van der Waals surface area contributed by atoms with Gasteiger partial charge in [-0.15, -0.1) is 0 Å². The number of nitrogens with zero attached hydrogens (tertiary/aromatic N) is 3. The molecule has 1 aliphatic rings. The summed E-state index contributed by atoms with van der Waals surface area (Å²) in [5.74, 6) is 0.576. The summed E-state index contributed by atoms with van der Waals surface area (Å²) < 4.78 is 7.45. The minimum atomic E-state index is -0.445. The lowest BCUT2D eigenvalue weighted by Gasteiger charge is -2.20. The number of carbonyl (C=O) groups excluding carboxylic acids is 1. The largest absolute Gasteiger partial charge is 0.491 e. The average Bonchev–Trinajstić information content (AvgIpc) is 3.22. The van der Waals surface area contributed by atoms with Gasteiger partial charge in [-0.2, -0.15) is 0 Å². The number of carbonyl (C=O) groups is 1. The Morgan fingerprint density at radius 3 is 2.76 bits per heavy atom. The predicted molar refractivity (Wildman–Crippen MR) is 134 cm³/mol. The second-order valence-electron chi connectivity index (χ2n) is 7.38. The topological polar surface area (TPSA) is 129 Å². The molecular weight excluding hydrogens is 556 g/mol. The molecule has 1 aromatic heterocycles. The highest BCUT2D eigenvalue weighted by Gasteiger charge is 2.16. The van der Waals surface area contributed by atoms with Gasteiger partial charge in [-0.25, -0.2) is 4.98 Å². The van der Waals surface area contributed by atoms with Crippen molar-refractivity contribution in [1.82, 2.24) is 20.2 Å². The average molecular weight is 582 g/mol. The van der Waals surface area contributed by atoms with Crippen LogP contribution in [0.2, 0.25) is 0 Å². The summed E-state index contributed by atoms with van der Waals surface area (Å²) in [4.78, 5) is 21.4. The van der Waals surface area contributed by atoms with E-state index in [2.05, 4.69) is 69.5 Å². The summed E-state index contributed by atoms with van der Waals surface area (Å²) in [7, 11) is 0. The molecule has 9 nitrogen and oxygen atoms in total. The minimum Gasteiger partial charge on any atom is -0.491 e. The number of nitrogen functional groups attached to an aromatic ring is 1. The van der Waals surface area contributed by atoms with Crippen molar-refractivity contribution in [2.45, 2.75) is 19.3 Å². The molecule has 176 valence electrons. The molecule has 5 N–H and O–H groups in total. The van der Waals surface area contributed by atoms with Gasteiger partial charge in [0.25, 0.3) is 5.91 Å². The van der Waals surface area contributed by atoms with Gasteiger partial charge < -0.3 is 30.9 Å². The second-order valence-corrected chi connectivity index (χ2v) is 9.09. The molecule has 1 aromatic carbocycles. The molecule has 3 rings (SSSR count). The fraction of sp³-hybridized carbons (Fsp3) is 0.318. The number of benzene rings is 1. The van der Waals surface area contributed by atoms with E-state index in [-0.39, 0.29) is 12.1 Å². The standard InChI is InChI=1S/C22H26Br2N6O3/c23-17-11-15(12-18(24)20(17)33-10-4-9-30-7-2-1-3-8-30)13-19(29-32)21(31)26-6-5-16-14-27-22(25)28-16/h1-3,7,11-12,14,32H,4-6,8-10,13H2,(H,26,31)(H3,25,27,28). The van der Waals surface area contributed by atoms with Crippen molar-refractivity contribution in [2.24, 2.45) is 5.16 Å². The summed E-state index contributed by atoms with van der Waals surface area (Å²) >= 11 is 7.07. The number of allylic oxidation sites excluding steroid dienone is 2. The van der Waals surface area contributed by atoms with Crippen molar-refractivity contribution < 1.29 is 14.7 Å².